The van der Waals surface area contributed by atoms with E-state index in [1.54, 1.807) is 0 Å². The van der Waals surface area contributed by atoms with Gasteiger partial charge in [0.05, 0.1) is 12.7 Å². The van der Waals surface area contributed by atoms with E-state index in [9.17, 15) is 4.79 Å². The number of nitrogens with one attached hydrogen (secondary N) is 1. The molecule has 2 aliphatic heterocycles. The van der Waals surface area contributed by atoms with E-state index < -0.39 is 0 Å². The number of morpholine rings is 1. The number of hydrogen-bond acceptors (Lipinski definition) is 3. The molecule has 2 aliphatic rings. The van der Waals surface area contributed by atoms with E-state index in [2.05, 4.69) is 22.3 Å². The first kappa shape index (κ1) is 17.3. The minimum atomic E-state index is -0.0105. The summed E-state index contributed by atoms with van der Waals surface area (Å²) in [4.78, 5) is 15.2. The van der Waals surface area contributed by atoms with Crippen LogP contribution in [-0.2, 0) is 11.2 Å². The summed E-state index contributed by atoms with van der Waals surface area (Å²) in [6.45, 7) is 3.46. The Bertz CT molecular complexity index is 747. The summed E-state index contributed by atoms with van der Waals surface area (Å²) < 4.78 is 5.95. The molecule has 1 amide bonds. The Morgan fingerprint density at radius 2 is 1.92 bits per heavy atom. The Kier molecular flexibility index (Phi) is 5.32. The molecule has 0 saturated carbocycles. The molecule has 0 radical (unpaired) electrons. The number of rotatable bonds is 5. The van der Waals surface area contributed by atoms with Crippen LogP contribution < -0.4 is 5.32 Å². The van der Waals surface area contributed by atoms with E-state index in [1.807, 2.05) is 42.5 Å². The van der Waals surface area contributed by atoms with Crippen molar-refractivity contribution in [2.24, 2.45) is 0 Å². The molecule has 4 heteroatoms. The molecule has 2 heterocycles. The molecular weight excluding hydrogens is 324 g/mol. The highest BCUT2D eigenvalue weighted by Crippen LogP contribution is 2.22. The standard InChI is InChI=1S/C22H26N2O2/c25-22(23-14-20-15-24-12-6-10-19(24)16-26-20)21-11-5-4-9-18(21)13-17-7-2-1-3-8-17/h1-5,7-9,11,19-20H,6,10,12-16H2,(H,23,25). The summed E-state index contributed by atoms with van der Waals surface area (Å²) in [5.41, 5.74) is 3.02. The van der Waals surface area contributed by atoms with Crippen LogP contribution in [0.5, 0.6) is 0 Å². The zero-order valence-corrected chi connectivity index (χ0v) is 15.1. The van der Waals surface area contributed by atoms with Gasteiger partial charge in [-0.2, -0.15) is 0 Å². The van der Waals surface area contributed by atoms with E-state index in [0.717, 1.165) is 30.7 Å². The first-order valence-corrected chi connectivity index (χ1v) is 9.55. The summed E-state index contributed by atoms with van der Waals surface area (Å²) in [7, 11) is 0. The maximum absolute atomic E-state index is 12.7. The van der Waals surface area contributed by atoms with Gasteiger partial charge in [0.15, 0.2) is 0 Å². The molecule has 2 saturated heterocycles. The molecule has 2 atom stereocenters. The molecule has 136 valence electrons. The predicted octanol–water partition coefficient (Wildman–Crippen LogP) is 2.87. The second-order valence-electron chi connectivity index (χ2n) is 7.28. The normalized spacial score (nSPS) is 22.8. The van der Waals surface area contributed by atoms with Crippen molar-refractivity contribution in [2.75, 3.05) is 26.2 Å². The van der Waals surface area contributed by atoms with Crippen LogP contribution in [0, 0.1) is 0 Å². The van der Waals surface area contributed by atoms with Gasteiger partial charge in [0, 0.05) is 24.7 Å². The molecule has 26 heavy (non-hydrogen) atoms. The molecule has 0 aliphatic carbocycles. The lowest BCUT2D eigenvalue weighted by molar-refractivity contribution is -0.0461. The largest absolute Gasteiger partial charge is 0.373 e. The van der Waals surface area contributed by atoms with Crippen molar-refractivity contribution in [3.8, 4) is 0 Å². The molecule has 0 spiro atoms. The van der Waals surface area contributed by atoms with Crippen LogP contribution in [0.1, 0.15) is 34.3 Å². The SMILES string of the molecule is O=C(NCC1CN2CCCC2CO1)c1ccccc1Cc1ccccc1. The van der Waals surface area contributed by atoms with Crippen molar-refractivity contribution in [1.29, 1.82) is 0 Å². The highest BCUT2D eigenvalue weighted by Gasteiger charge is 2.32. The fraction of sp³-hybridized carbons (Fsp3) is 0.409. The molecule has 1 N–H and O–H groups in total. The topological polar surface area (TPSA) is 41.6 Å². The van der Waals surface area contributed by atoms with E-state index in [1.165, 1.54) is 24.9 Å². The first-order valence-electron chi connectivity index (χ1n) is 9.55. The fourth-order valence-corrected chi connectivity index (χ4v) is 4.02. The molecule has 4 nitrogen and oxygen atoms in total. The average Bonchev–Trinajstić information content (AvgIpc) is 3.15. The molecule has 0 aromatic heterocycles. The van der Waals surface area contributed by atoms with Gasteiger partial charge in [-0.3, -0.25) is 9.69 Å². The number of fused-ring (bicyclic) bond motifs is 1. The molecule has 2 fully saturated rings. The zero-order valence-electron chi connectivity index (χ0n) is 15.1. The van der Waals surface area contributed by atoms with Crippen LogP contribution in [0.15, 0.2) is 54.6 Å². The smallest absolute Gasteiger partial charge is 0.251 e. The lowest BCUT2D eigenvalue weighted by Crippen LogP contribution is -2.50. The third-order valence-electron chi connectivity index (χ3n) is 5.45. The van der Waals surface area contributed by atoms with E-state index in [0.29, 0.717) is 12.6 Å². The quantitative estimate of drug-likeness (QED) is 0.902. The zero-order chi connectivity index (χ0) is 17.8. The van der Waals surface area contributed by atoms with Gasteiger partial charge in [0.25, 0.3) is 5.91 Å². The Morgan fingerprint density at radius 1 is 1.12 bits per heavy atom. The van der Waals surface area contributed by atoms with Gasteiger partial charge < -0.3 is 10.1 Å². The minimum absolute atomic E-state index is 0.0105. The van der Waals surface area contributed by atoms with Crippen molar-refractivity contribution in [1.82, 2.24) is 10.2 Å². The van der Waals surface area contributed by atoms with Crippen molar-refractivity contribution >= 4 is 5.91 Å². The summed E-state index contributed by atoms with van der Waals surface area (Å²) in [5.74, 6) is -0.0105. The monoisotopic (exact) mass is 350 g/mol. The Balaban J connectivity index is 1.37. The maximum atomic E-state index is 12.7. The highest BCUT2D eigenvalue weighted by molar-refractivity contribution is 5.95. The van der Waals surface area contributed by atoms with Crippen LogP contribution in [0.25, 0.3) is 0 Å². The third-order valence-corrected chi connectivity index (χ3v) is 5.45. The van der Waals surface area contributed by atoms with Gasteiger partial charge >= 0.3 is 0 Å². The van der Waals surface area contributed by atoms with Crippen LogP contribution in [0.3, 0.4) is 0 Å². The predicted molar refractivity (Wildman–Crippen MR) is 102 cm³/mol. The van der Waals surface area contributed by atoms with Crippen LogP contribution >= 0.6 is 0 Å². The van der Waals surface area contributed by atoms with Crippen molar-refractivity contribution in [3.63, 3.8) is 0 Å². The maximum Gasteiger partial charge on any atom is 0.251 e. The lowest BCUT2D eigenvalue weighted by atomic mass is 9.99. The van der Waals surface area contributed by atoms with Gasteiger partial charge in [0.2, 0.25) is 0 Å². The first-order chi connectivity index (χ1) is 12.8. The average molecular weight is 350 g/mol. The summed E-state index contributed by atoms with van der Waals surface area (Å²) in [6, 6.07) is 18.7. The number of nitrogens with zero attached hydrogens (tertiary/aromatic N) is 1. The summed E-state index contributed by atoms with van der Waals surface area (Å²) in [6.07, 6.45) is 3.36. The Hall–Kier alpha value is -2.17. The summed E-state index contributed by atoms with van der Waals surface area (Å²) >= 11 is 0. The number of benzene rings is 2. The summed E-state index contributed by atoms with van der Waals surface area (Å²) in [5, 5.41) is 3.08. The van der Waals surface area contributed by atoms with Crippen molar-refractivity contribution < 1.29 is 9.53 Å². The highest BCUT2D eigenvalue weighted by atomic mass is 16.5. The second kappa shape index (κ2) is 8.02. The van der Waals surface area contributed by atoms with Crippen LogP contribution in [0.2, 0.25) is 0 Å². The fourth-order valence-electron chi connectivity index (χ4n) is 4.02. The van der Waals surface area contributed by atoms with E-state index in [4.69, 9.17) is 4.74 Å². The number of hydrogen-bond donors (Lipinski definition) is 1. The number of carbonyl (C=O) groups excluding carboxylic acids is 1. The van der Waals surface area contributed by atoms with Crippen LogP contribution in [-0.4, -0.2) is 49.2 Å². The third kappa shape index (κ3) is 3.97. The van der Waals surface area contributed by atoms with Crippen LogP contribution in [0.4, 0.5) is 0 Å². The molecular formula is C22H26N2O2. The van der Waals surface area contributed by atoms with Gasteiger partial charge in [0.1, 0.15) is 0 Å². The molecule has 2 aromatic rings. The Morgan fingerprint density at radius 3 is 2.81 bits per heavy atom. The van der Waals surface area contributed by atoms with Gasteiger partial charge in [-0.05, 0) is 43.0 Å². The van der Waals surface area contributed by atoms with Crippen molar-refractivity contribution in [3.05, 3.63) is 71.3 Å². The number of ether oxygens (including phenoxy) is 1. The van der Waals surface area contributed by atoms with E-state index in [-0.39, 0.29) is 12.0 Å². The van der Waals surface area contributed by atoms with Gasteiger partial charge in [-0.1, -0.05) is 48.5 Å². The molecule has 2 aromatic carbocycles. The lowest BCUT2D eigenvalue weighted by Gasteiger charge is -2.35. The minimum Gasteiger partial charge on any atom is -0.373 e. The molecule has 0 bridgehead atoms. The molecule has 2 unspecified atom stereocenters. The second-order valence-corrected chi connectivity index (χ2v) is 7.28. The number of amides is 1. The van der Waals surface area contributed by atoms with E-state index >= 15 is 0 Å². The molecule has 4 rings (SSSR count). The van der Waals surface area contributed by atoms with Gasteiger partial charge in [-0.25, -0.2) is 0 Å². The Labute approximate surface area is 155 Å². The van der Waals surface area contributed by atoms with Crippen molar-refractivity contribution in [2.45, 2.75) is 31.4 Å². The van der Waals surface area contributed by atoms with Gasteiger partial charge in [-0.15, -0.1) is 0 Å². The number of carbonyl (C=O) groups is 1.